The van der Waals surface area contributed by atoms with Gasteiger partial charge in [0.25, 0.3) is 0 Å². The molecule has 1 aromatic heterocycles. The second-order valence-corrected chi connectivity index (χ2v) is 2.46. The molecule has 0 bridgehead atoms. The Morgan fingerprint density at radius 1 is 1.46 bits per heavy atom. The summed E-state index contributed by atoms with van der Waals surface area (Å²) in [7, 11) is 0. The van der Waals surface area contributed by atoms with Crippen molar-refractivity contribution >= 4 is 11.7 Å². The smallest absolute Gasteiger partial charge is 0.211 e. The summed E-state index contributed by atoms with van der Waals surface area (Å²) >= 11 is 0. The molecule has 0 saturated carbocycles. The molecule has 6 nitrogen and oxygen atoms in total. The Morgan fingerprint density at radius 3 is 2.62 bits per heavy atom. The van der Waals surface area contributed by atoms with E-state index in [9.17, 15) is 0 Å². The zero-order valence-electron chi connectivity index (χ0n) is 7.48. The molecule has 0 radical (unpaired) electrons. The minimum Gasteiger partial charge on any atom is -0.449 e. The molecule has 1 heterocycles. The lowest BCUT2D eigenvalue weighted by Crippen LogP contribution is -2.22. The van der Waals surface area contributed by atoms with Crippen molar-refractivity contribution in [2.24, 2.45) is 21.7 Å². The average molecular weight is 181 g/mol. The van der Waals surface area contributed by atoms with Crippen LogP contribution in [0.3, 0.4) is 0 Å². The van der Waals surface area contributed by atoms with Gasteiger partial charge in [0.2, 0.25) is 5.96 Å². The Morgan fingerprint density at radius 2 is 2.15 bits per heavy atom. The maximum atomic E-state index is 5.10. The van der Waals surface area contributed by atoms with Crippen molar-refractivity contribution in [2.45, 2.75) is 13.8 Å². The molecule has 6 heteroatoms. The summed E-state index contributed by atoms with van der Waals surface area (Å²) in [5.41, 5.74) is 11.4. The highest BCUT2D eigenvalue weighted by Gasteiger charge is 2.02. The van der Waals surface area contributed by atoms with Crippen molar-refractivity contribution < 1.29 is 4.42 Å². The molecule has 0 atom stereocenters. The third kappa shape index (κ3) is 2.58. The van der Waals surface area contributed by atoms with Crippen molar-refractivity contribution in [3.05, 3.63) is 17.8 Å². The molecule has 1 rings (SSSR count). The molecule has 4 N–H and O–H groups in total. The van der Waals surface area contributed by atoms with E-state index in [4.69, 9.17) is 15.9 Å². The van der Waals surface area contributed by atoms with Crippen molar-refractivity contribution in [2.75, 3.05) is 0 Å². The fourth-order valence-electron chi connectivity index (χ4n) is 0.714. The molecule has 0 fully saturated rings. The van der Waals surface area contributed by atoms with Crippen LogP contribution in [0.25, 0.3) is 0 Å². The first kappa shape index (κ1) is 9.24. The summed E-state index contributed by atoms with van der Waals surface area (Å²) in [5.74, 6) is 0.494. The van der Waals surface area contributed by atoms with Crippen LogP contribution < -0.4 is 11.5 Å². The molecular weight excluding hydrogens is 170 g/mol. The van der Waals surface area contributed by atoms with Crippen LogP contribution in [0, 0.1) is 6.92 Å². The van der Waals surface area contributed by atoms with Gasteiger partial charge in [-0.25, -0.2) is 4.98 Å². The van der Waals surface area contributed by atoms with Crippen molar-refractivity contribution in [3.63, 3.8) is 0 Å². The fraction of sp³-hybridized carbons (Fsp3) is 0.286. The van der Waals surface area contributed by atoms with Gasteiger partial charge >= 0.3 is 0 Å². The topological polar surface area (TPSA) is 103 Å². The molecule has 0 amide bonds. The zero-order chi connectivity index (χ0) is 9.84. The molecular formula is C7H11N5O. The molecule has 0 aliphatic carbocycles. The molecule has 0 spiro atoms. The SMILES string of the molecule is C/C(=N\N=C(N)N)c1coc(C)n1. The lowest BCUT2D eigenvalue weighted by atomic mass is 10.3. The second kappa shape index (κ2) is 3.70. The van der Waals surface area contributed by atoms with Crippen LogP contribution in [0.1, 0.15) is 18.5 Å². The summed E-state index contributed by atoms with van der Waals surface area (Å²) in [6.07, 6.45) is 1.50. The maximum Gasteiger partial charge on any atom is 0.211 e. The summed E-state index contributed by atoms with van der Waals surface area (Å²) in [6.45, 7) is 3.49. The monoisotopic (exact) mass is 181 g/mol. The normalized spacial score (nSPS) is 11.4. The second-order valence-electron chi connectivity index (χ2n) is 2.46. The quantitative estimate of drug-likeness (QED) is 0.380. The van der Waals surface area contributed by atoms with Crippen molar-refractivity contribution in [1.29, 1.82) is 0 Å². The van der Waals surface area contributed by atoms with Crippen LogP contribution in [0.2, 0.25) is 0 Å². The van der Waals surface area contributed by atoms with E-state index < -0.39 is 0 Å². The number of hydrogen-bond donors (Lipinski definition) is 2. The predicted octanol–water partition coefficient (Wildman–Crippen LogP) is -0.0196. The van der Waals surface area contributed by atoms with Crippen molar-refractivity contribution in [1.82, 2.24) is 4.98 Å². The molecule has 0 aromatic carbocycles. The van der Waals surface area contributed by atoms with E-state index in [1.54, 1.807) is 13.8 Å². The molecule has 13 heavy (non-hydrogen) atoms. The lowest BCUT2D eigenvalue weighted by molar-refractivity contribution is 0.521. The van der Waals surface area contributed by atoms with Gasteiger partial charge in [-0.2, -0.15) is 0 Å². The van der Waals surface area contributed by atoms with Gasteiger partial charge in [0.1, 0.15) is 12.0 Å². The van der Waals surface area contributed by atoms with Crippen LogP contribution in [0.5, 0.6) is 0 Å². The minimum atomic E-state index is -0.0837. The number of aromatic nitrogens is 1. The Kier molecular flexibility index (Phi) is 2.63. The van der Waals surface area contributed by atoms with Crippen LogP contribution in [0.4, 0.5) is 0 Å². The lowest BCUT2D eigenvalue weighted by Gasteiger charge is -1.89. The van der Waals surface area contributed by atoms with E-state index in [-0.39, 0.29) is 5.96 Å². The maximum absolute atomic E-state index is 5.10. The van der Waals surface area contributed by atoms with Gasteiger partial charge in [-0.1, -0.05) is 0 Å². The van der Waals surface area contributed by atoms with Crippen LogP contribution in [-0.2, 0) is 0 Å². The average Bonchev–Trinajstić information content (AvgIpc) is 2.47. The zero-order valence-corrected chi connectivity index (χ0v) is 7.48. The van der Waals surface area contributed by atoms with Crippen LogP contribution >= 0.6 is 0 Å². The van der Waals surface area contributed by atoms with Gasteiger partial charge in [-0.15, -0.1) is 10.2 Å². The van der Waals surface area contributed by atoms with Crippen LogP contribution in [-0.4, -0.2) is 16.7 Å². The third-order valence-corrected chi connectivity index (χ3v) is 1.31. The molecule has 0 aliphatic rings. The molecule has 0 unspecified atom stereocenters. The summed E-state index contributed by atoms with van der Waals surface area (Å²) in [5, 5.41) is 7.23. The molecule has 70 valence electrons. The highest BCUT2D eigenvalue weighted by molar-refractivity contribution is 5.96. The number of hydrogen-bond acceptors (Lipinski definition) is 4. The number of nitrogens with two attached hydrogens (primary N) is 2. The fourth-order valence-corrected chi connectivity index (χ4v) is 0.714. The summed E-state index contributed by atoms with van der Waals surface area (Å²) in [6, 6.07) is 0. The Bertz CT molecular complexity index is 348. The van der Waals surface area contributed by atoms with E-state index in [2.05, 4.69) is 15.2 Å². The molecule has 0 aliphatic heterocycles. The van der Waals surface area contributed by atoms with Gasteiger partial charge in [0.05, 0.1) is 5.71 Å². The summed E-state index contributed by atoms with van der Waals surface area (Å²) in [4.78, 5) is 4.04. The predicted molar refractivity (Wildman–Crippen MR) is 49.3 cm³/mol. The third-order valence-electron chi connectivity index (χ3n) is 1.31. The van der Waals surface area contributed by atoms with E-state index in [0.717, 1.165) is 0 Å². The number of guanidine groups is 1. The van der Waals surface area contributed by atoms with Gasteiger partial charge in [0.15, 0.2) is 5.89 Å². The van der Waals surface area contributed by atoms with Crippen LogP contribution in [0.15, 0.2) is 20.9 Å². The minimum absolute atomic E-state index is 0.0837. The van der Waals surface area contributed by atoms with E-state index in [0.29, 0.717) is 17.3 Å². The first-order valence-electron chi connectivity index (χ1n) is 3.65. The largest absolute Gasteiger partial charge is 0.449 e. The highest BCUT2D eigenvalue weighted by atomic mass is 16.3. The Labute approximate surface area is 75.3 Å². The number of oxazole rings is 1. The first-order valence-corrected chi connectivity index (χ1v) is 3.65. The Balaban J connectivity index is 2.85. The summed E-state index contributed by atoms with van der Waals surface area (Å²) < 4.78 is 4.99. The van der Waals surface area contributed by atoms with Gasteiger partial charge in [-0.3, -0.25) is 0 Å². The molecule has 0 saturated heterocycles. The number of rotatable bonds is 2. The highest BCUT2D eigenvalue weighted by Crippen LogP contribution is 2.01. The van der Waals surface area contributed by atoms with Gasteiger partial charge in [0, 0.05) is 6.92 Å². The standard InChI is InChI=1S/C7H11N5O/c1-4(11-12-7(8)9)6-3-13-5(2)10-6/h3H,1-2H3,(H4,8,9,12)/b11-4+. The van der Waals surface area contributed by atoms with Crippen molar-refractivity contribution in [3.8, 4) is 0 Å². The van der Waals surface area contributed by atoms with Gasteiger partial charge in [-0.05, 0) is 6.92 Å². The van der Waals surface area contributed by atoms with E-state index in [1.165, 1.54) is 6.26 Å². The number of aryl methyl sites for hydroxylation is 1. The van der Waals surface area contributed by atoms with Gasteiger partial charge < -0.3 is 15.9 Å². The number of nitrogens with zero attached hydrogens (tertiary/aromatic N) is 3. The van der Waals surface area contributed by atoms with E-state index in [1.807, 2.05) is 0 Å². The first-order chi connectivity index (χ1) is 6.09. The Hall–Kier alpha value is -1.85. The molecule has 1 aromatic rings. The van der Waals surface area contributed by atoms with E-state index >= 15 is 0 Å².